The molecule has 0 bridgehead atoms. The van der Waals surface area contributed by atoms with Gasteiger partial charge >= 0.3 is 0 Å². The highest BCUT2D eigenvalue weighted by Gasteiger charge is 2.19. The van der Waals surface area contributed by atoms with E-state index in [1.54, 1.807) is 54.6 Å². The Morgan fingerprint density at radius 2 is 1.12 bits per heavy atom. The first-order valence-corrected chi connectivity index (χ1v) is 16.2. The van der Waals surface area contributed by atoms with Crippen molar-refractivity contribution in [3.05, 3.63) is 113 Å². The van der Waals surface area contributed by atoms with E-state index in [0.717, 1.165) is 12.0 Å². The van der Waals surface area contributed by atoms with Gasteiger partial charge in [-0.25, -0.2) is 0 Å². The molecule has 2 aromatic heterocycles. The van der Waals surface area contributed by atoms with Crippen molar-refractivity contribution >= 4 is 23.2 Å². The van der Waals surface area contributed by atoms with Crippen LogP contribution in [0, 0.1) is 5.95 Å². The van der Waals surface area contributed by atoms with E-state index in [1.165, 1.54) is 40.4 Å². The molecule has 2 amide bonds. The lowest BCUT2D eigenvalue weighted by molar-refractivity contribution is -0.115. The van der Waals surface area contributed by atoms with Crippen LogP contribution >= 0.6 is 0 Å². The number of oxime groups is 2. The van der Waals surface area contributed by atoms with Gasteiger partial charge in [0.15, 0.2) is 11.4 Å². The number of hydrogen-bond donors (Lipinski definition) is 2. The first-order chi connectivity index (χ1) is 25.3. The first kappa shape index (κ1) is 40.3. The zero-order chi connectivity index (χ0) is 37.6. The van der Waals surface area contributed by atoms with E-state index in [2.05, 4.69) is 37.8 Å². The number of likely N-dealkylation sites (N-methyl/N-ethyl adjacent to an activating group) is 2. The predicted octanol–water partition coefficient (Wildman–Crippen LogP) is 4.46. The fraction of sp³-hybridized carbons (Fsp3) is 0.297. The maximum absolute atomic E-state index is 13.1. The minimum Gasteiger partial charge on any atom is -0.475 e. The number of carbonyl (C=O) groups excluding carboxylic acids is 2. The molecule has 2 heterocycles. The SMILES string of the molecule is CCCOCCOc1cccc(OCc2ccccc2/C(=N\OC)C(=O)NC)n1.CNC(=O)/C(=N/OC)c1ccccc1COc1cccc(F)n1. The van der Waals surface area contributed by atoms with Gasteiger partial charge in [0, 0.05) is 50.0 Å². The van der Waals surface area contributed by atoms with Gasteiger partial charge < -0.3 is 39.3 Å². The van der Waals surface area contributed by atoms with Crippen LogP contribution in [0.4, 0.5) is 4.39 Å². The number of ether oxygens (including phenoxy) is 4. The Hall–Kier alpha value is -6.09. The number of rotatable bonds is 18. The van der Waals surface area contributed by atoms with Gasteiger partial charge in [-0.05, 0) is 23.6 Å². The number of halogens is 1. The summed E-state index contributed by atoms with van der Waals surface area (Å²) in [6, 6.07) is 24.0. The Morgan fingerprint density at radius 3 is 1.60 bits per heavy atom. The summed E-state index contributed by atoms with van der Waals surface area (Å²) in [6.45, 7) is 4.00. The van der Waals surface area contributed by atoms with Crippen LogP contribution < -0.4 is 24.8 Å². The van der Waals surface area contributed by atoms with Crippen molar-refractivity contribution in [1.29, 1.82) is 0 Å². The van der Waals surface area contributed by atoms with Gasteiger partial charge in [-0.2, -0.15) is 14.4 Å². The van der Waals surface area contributed by atoms with Gasteiger partial charge in [-0.3, -0.25) is 9.59 Å². The molecule has 2 aromatic carbocycles. The highest BCUT2D eigenvalue weighted by Crippen LogP contribution is 2.18. The summed E-state index contributed by atoms with van der Waals surface area (Å²) in [5.41, 5.74) is 2.94. The standard InChI is InChI=1S/C21H27N3O5.C16H16FN3O3/c1-4-12-27-13-14-28-18-10-7-11-19(23-18)29-15-16-8-5-6-9-17(16)20(24-26-3)21(25)22-2;1-18-16(21)15(20-22-2)12-7-4-3-6-11(12)10-23-14-9-5-8-13(17)19-14/h5-11H,4,12-15H2,1-3H3,(H,22,25);3-9H,10H2,1-2H3,(H,18,21)/b24-20+;20-15+. The van der Waals surface area contributed by atoms with Crippen molar-refractivity contribution in [1.82, 2.24) is 20.6 Å². The number of benzene rings is 2. The smallest absolute Gasteiger partial charge is 0.273 e. The van der Waals surface area contributed by atoms with Crippen molar-refractivity contribution in [2.24, 2.45) is 10.3 Å². The molecule has 14 nitrogen and oxygen atoms in total. The third kappa shape index (κ3) is 13.0. The third-order valence-corrected chi connectivity index (χ3v) is 6.76. The Bertz CT molecular complexity index is 1790. The second-order valence-electron chi connectivity index (χ2n) is 10.4. The molecule has 0 atom stereocenters. The van der Waals surface area contributed by atoms with Crippen LogP contribution in [-0.2, 0) is 37.2 Å². The number of aromatic nitrogens is 2. The first-order valence-electron chi connectivity index (χ1n) is 16.2. The van der Waals surface area contributed by atoms with Gasteiger partial charge in [-0.15, -0.1) is 0 Å². The molecule has 4 rings (SSSR count). The molecular weight excluding hydrogens is 675 g/mol. The minimum atomic E-state index is -0.622. The summed E-state index contributed by atoms with van der Waals surface area (Å²) >= 11 is 0. The van der Waals surface area contributed by atoms with E-state index in [1.807, 2.05) is 18.2 Å². The number of hydrogen-bond acceptors (Lipinski definition) is 12. The van der Waals surface area contributed by atoms with E-state index < -0.39 is 5.95 Å². The van der Waals surface area contributed by atoms with Crippen LogP contribution in [0.25, 0.3) is 0 Å². The quantitative estimate of drug-likeness (QED) is 0.0650. The molecule has 0 aliphatic rings. The van der Waals surface area contributed by atoms with Crippen LogP contribution in [0.1, 0.15) is 35.6 Å². The van der Waals surface area contributed by atoms with E-state index in [-0.39, 0.29) is 42.3 Å². The summed E-state index contributed by atoms with van der Waals surface area (Å²) in [4.78, 5) is 41.6. The molecule has 52 heavy (non-hydrogen) atoms. The van der Waals surface area contributed by atoms with Gasteiger partial charge in [-0.1, -0.05) is 77.9 Å². The largest absolute Gasteiger partial charge is 0.475 e. The van der Waals surface area contributed by atoms with E-state index in [9.17, 15) is 14.0 Å². The molecule has 0 aliphatic carbocycles. The molecular formula is C37H43FN6O8. The fourth-order valence-corrected chi connectivity index (χ4v) is 4.38. The molecule has 0 saturated heterocycles. The Kier molecular flexibility index (Phi) is 17.5. The van der Waals surface area contributed by atoms with Crippen molar-refractivity contribution < 1.29 is 42.6 Å². The van der Waals surface area contributed by atoms with Gasteiger partial charge in [0.1, 0.15) is 34.0 Å². The Labute approximate surface area is 301 Å². The highest BCUT2D eigenvalue weighted by molar-refractivity contribution is 6.46. The lowest BCUT2D eigenvalue weighted by Crippen LogP contribution is -2.29. The van der Waals surface area contributed by atoms with Crippen molar-refractivity contribution in [3.8, 4) is 17.6 Å². The van der Waals surface area contributed by atoms with Crippen molar-refractivity contribution in [2.75, 3.05) is 48.1 Å². The van der Waals surface area contributed by atoms with Crippen LogP contribution in [-0.4, -0.2) is 81.3 Å². The van der Waals surface area contributed by atoms with Gasteiger partial charge in [0.2, 0.25) is 23.6 Å². The number of pyridine rings is 2. The number of nitrogens with one attached hydrogen (secondary N) is 2. The van der Waals surface area contributed by atoms with Crippen LogP contribution in [0.3, 0.4) is 0 Å². The maximum atomic E-state index is 13.1. The maximum Gasteiger partial charge on any atom is 0.273 e. The summed E-state index contributed by atoms with van der Waals surface area (Å²) < 4.78 is 35.3. The average molecular weight is 719 g/mol. The lowest BCUT2D eigenvalue weighted by atomic mass is 10.0. The van der Waals surface area contributed by atoms with E-state index in [0.29, 0.717) is 48.3 Å². The molecule has 0 aliphatic heterocycles. The van der Waals surface area contributed by atoms with Gasteiger partial charge in [0.05, 0.1) is 6.61 Å². The molecule has 276 valence electrons. The van der Waals surface area contributed by atoms with Crippen molar-refractivity contribution in [2.45, 2.75) is 26.6 Å². The van der Waals surface area contributed by atoms with Crippen LogP contribution in [0.5, 0.6) is 17.6 Å². The summed E-state index contributed by atoms with van der Waals surface area (Å²) in [5, 5.41) is 12.7. The normalized spacial score (nSPS) is 11.0. The monoisotopic (exact) mass is 718 g/mol. The molecule has 2 N–H and O–H groups in total. The number of amides is 2. The number of carbonyl (C=O) groups is 2. The summed E-state index contributed by atoms with van der Waals surface area (Å²) in [6.07, 6.45) is 0.972. The Balaban J connectivity index is 0.000000288. The zero-order valence-corrected chi connectivity index (χ0v) is 29.8. The average Bonchev–Trinajstić information content (AvgIpc) is 3.17. The second kappa shape index (κ2) is 22.6. The topological polar surface area (TPSA) is 164 Å². The third-order valence-electron chi connectivity index (χ3n) is 6.76. The molecule has 0 fully saturated rings. The predicted molar refractivity (Wildman–Crippen MR) is 192 cm³/mol. The van der Waals surface area contributed by atoms with Crippen LogP contribution in [0.15, 0.2) is 95.2 Å². The molecule has 0 radical (unpaired) electrons. The van der Waals surface area contributed by atoms with E-state index in [4.69, 9.17) is 28.6 Å². The summed E-state index contributed by atoms with van der Waals surface area (Å²) in [7, 11) is 5.79. The molecule has 4 aromatic rings. The minimum absolute atomic E-state index is 0.104. The zero-order valence-electron chi connectivity index (χ0n) is 29.8. The number of nitrogens with zero attached hydrogens (tertiary/aromatic N) is 4. The van der Waals surface area contributed by atoms with Gasteiger partial charge in [0.25, 0.3) is 11.8 Å². The van der Waals surface area contributed by atoms with Crippen LogP contribution in [0.2, 0.25) is 0 Å². The molecule has 0 unspecified atom stereocenters. The highest BCUT2D eigenvalue weighted by atomic mass is 19.1. The fourth-order valence-electron chi connectivity index (χ4n) is 4.38. The Morgan fingerprint density at radius 1 is 0.635 bits per heavy atom. The second-order valence-corrected chi connectivity index (χ2v) is 10.4. The summed E-state index contributed by atoms with van der Waals surface area (Å²) in [5.74, 6) is -0.325. The molecule has 0 saturated carbocycles. The lowest BCUT2D eigenvalue weighted by Gasteiger charge is -2.12. The molecule has 15 heteroatoms. The van der Waals surface area contributed by atoms with Crippen molar-refractivity contribution in [3.63, 3.8) is 0 Å². The molecule has 0 spiro atoms. The van der Waals surface area contributed by atoms with E-state index >= 15 is 0 Å².